The maximum absolute atomic E-state index is 11.7. The number of hydrogen-bond donors (Lipinski definition) is 0. The van der Waals surface area contributed by atoms with E-state index in [4.69, 9.17) is 46.9 Å². The van der Waals surface area contributed by atoms with Gasteiger partial charge in [-0.1, -0.05) is 50.0 Å². The second-order valence-corrected chi connectivity index (χ2v) is 12.4. The minimum atomic E-state index is -0.415. The highest BCUT2D eigenvalue weighted by atomic mass is 35.5. The van der Waals surface area contributed by atoms with Crippen LogP contribution in [0.4, 0.5) is 0 Å². The van der Waals surface area contributed by atoms with Crippen molar-refractivity contribution in [3.63, 3.8) is 0 Å². The van der Waals surface area contributed by atoms with Crippen molar-refractivity contribution < 1.29 is 33.3 Å². The predicted molar refractivity (Wildman–Crippen MR) is 186 cm³/mol. The Balaban J connectivity index is 5.27. The van der Waals surface area contributed by atoms with Gasteiger partial charge in [0.05, 0.1) is 13.2 Å². The molecule has 0 amide bonds. The molecule has 0 aliphatic heterocycles. The number of alkyl halides is 2. The zero-order valence-corrected chi connectivity index (χ0v) is 30.7. The number of rotatable bonds is 30. The van der Waals surface area contributed by atoms with Crippen LogP contribution >= 0.6 is 23.2 Å². The lowest BCUT2D eigenvalue weighted by Gasteiger charge is -2.29. The van der Waals surface area contributed by atoms with Crippen LogP contribution in [-0.2, 0) is 33.3 Å². The molecular weight excluding hydrogens is 615 g/mol. The van der Waals surface area contributed by atoms with Gasteiger partial charge in [0.15, 0.2) is 12.6 Å². The molecule has 0 fully saturated rings. The molecule has 0 N–H and O–H groups in total. The van der Waals surface area contributed by atoms with E-state index in [1.165, 1.54) is 11.1 Å². The molecule has 0 rings (SSSR count). The Hall–Kier alpha value is -1.12. The topological polar surface area (TPSA) is 80.3 Å². The highest BCUT2D eigenvalue weighted by molar-refractivity contribution is 6.18. The fourth-order valence-electron chi connectivity index (χ4n) is 4.67. The van der Waals surface area contributed by atoms with E-state index >= 15 is 0 Å². The minimum absolute atomic E-state index is 0.155. The van der Waals surface area contributed by atoms with E-state index in [1.807, 2.05) is 13.8 Å². The maximum atomic E-state index is 11.7. The van der Waals surface area contributed by atoms with Crippen molar-refractivity contribution >= 4 is 35.1 Å². The lowest BCUT2D eigenvalue weighted by molar-refractivity contribution is -0.255. The quantitative estimate of drug-likeness (QED) is 0.0246. The molecule has 9 heteroatoms. The first-order chi connectivity index (χ1) is 21.7. The summed E-state index contributed by atoms with van der Waals surface area (Å²) < 4.78 is 29.1. The Bertz CT molecular complexity index is 738. The first-order valence-electron chi connectivity index (χ1n) is 17.4. The summed E-state index contributed by atoms with van der Waals surface area (Å²) in [6, 6.07) is 0. The molecule has 45 heavy (non-hydrogen) atoms. The molecule has 0 radical (unpaired) electrons. The molecule has 0 heterocycles. The smallest absolute Gasteiger partial charge is 0.306 e. The molecule has 0 aliphatic rings. The number of ether oxygens (including phenoxy) is 5. The van der Waals surface area contributed by atoms with Crippen LogP contribution < -0.4 is 0 Å². The average Bonchev–Trinajstić information content (AvgIpc) is 3.02. The van der Waals surface area contributed by atoms with Gasteiger partial charge in [-0.3, -0.25) is 9.59 Å². The minimum Gasteiger partial charge on any atom is -0.466 e. The number of hydrogen-bond acceptors (Lipinski definition) is 7. The molecule has 0 aliphatic carbocycles. The monoisotopic (exact) mass is 678 g/mol. The molecule has 0 saturated heterocycles. The number of esters is 2. The summed E-state index contributed by atoms with van der Waals surface area (Å²) in [6.45, 7) is 14.1. The standard InChI is InChI=1S/C36H64Cl2O7/c1-7-11-23-43-35(25-31(27-37)17-13-15-29(5)19-21-33(39)41-9-3)45-36(44-24-12-8-2)26-32(28-38)18-14-16-30(6)20-22-34(40)42-10-4/h15-16,31-32,35-36H,7-14,17-28H2,1-6H3. The highest BCUT2D eigenvalue weighted by Gasteiger charge is 2.24. The third-order valence-corrected chi connectivity index (χ3v) is 8.46. The lowest BCUT2D eigenvalue weighted by atomic mass is 9.98. The Kier molecular flexibility index (Phi) is 29.5. The van der Waals surface area contributed by atoms with Crippen molar-refractivity contribution in [2.24, 2.45) is 11.8 Å². The molecule has 7 nitrogen and oxygen atoms in total. The second kappa shape index (κ2) is 30.2. The van der Waals surface area contributed by atoms with E-state index < -0.39 is 12.6 Å². The third-order valence-electron chi connectivity index (χ3n) is 7.59. The normalized spacial score (nSPS) is 15.0. The van der Waals surface area contributed by atoms with Crippen LogP contribution in [-0.4, -0.2) is 62.7 Å². The summed E-state index contributed by atoms with van der Waals surface area (Å²) in [5, 5.41) is 0. The largest absolute Gasteiger partial charge is 0.466 e. The van der Waals surface area contributed by atoms with E-state index in [0.29, 0.717) is 76.7 Å². The van der Waals surface area contributed by atoms with E-state index in [9.17, 15) is 9.59 Å². The maximum Gasteiger partial charge on any atom is 0.306 e. The van der Waals surface area contributed by atoms with Gasteiger partial charge in [-0.05, 0) is 90.9 Å². The van der Waals surface area contributed by atoms with Gasteiger partial charge in [0, 0.05) is 50.7 Å². The van der Waals surface area contributed by atoms with Crippen molar-refractivity contribution in [3.8, 4) is 0 Å². The third kappa shape index (κ3) is 25.6. The first kappa shape index (κ1) is 43.9. The van der Waals surface area contributed by atoms with Crippen LogP contribution in [0.25, 0.3) is 0 Å². The second-order valence-electron chi connectivity index (χ2n) is 11.8. The van der Waals surface area contributed by atoms with Gasteiger partial charge in [-0.25, -0.2) is 0 Å². The highest BCUT2D eigenvalue weighted by Crippen LogP contribution is 2.25. The fourth-order valence-corrected chi connectivity index (χ4v) is 5.23. The van der Waals surface area contributed by atoms with E-state index in [2.05, 4.69) is 39.8 Å². The van der Waals surface area contributed by atoms with Crippen molar-refractivity contribution in [2.45, 2.75) is 144 Å². The molecule has 0 aromatic heterocycles. The summed E-state index contributed by atoms with van der Waals surface area (Å²) >= 11 is 12.9. The molecule has 0 aromatic carbocycles. The van der Waals surface area contributed by atoms with Gasteiger partial charge in [-0.15, -0.1) is 23.2 Å². The van der Waals surface area contributed by atoms with Gasteiger partial charge < -0.3 is 23.7 Å². The lowest BCUT2D eigenvalue weighted by Crippen LogP contribution is -2.31. The molecule has 0 saturated carbocycles. The number of carbonyl (C=O) groups excluding carboxylic acids is 2. The van der Waals surface area contributed by atoms with E-state index in [-0.39, 0.29) is 23.8 Å². The van der Waals surface area contributed by atoms with Crippen LogP contribution in [0, 0.1) is 11.8 Å². The van der Waals surface area contributed by atoms with Crippen LogP contribution in [0.1, 0.15) is 131 Å². The summed E-state index contributed by atoms with van der Waals surface area (Å²) in [5.74, 6) is 1.15. The summed E-state index contributed by atoms with van der Waals surface area (Å²) in [7, 11) is 0. The Labute approximate surface area is 285 Å². The van der Waals surface area contributed by atoms with E-state index in [1.54, 1.807) is 0 Å². The Morgan fingerprint density at radius 1 is 0.644 bits per heavy atom. The molecule has 4 atom stereocenters. The van der Waals surface area contributed by atoms with E-state index in [0.717, 1.165) is 51.4 Å². The predicted octanol–water partition coefficient (Wildman–Crippen LogP) is 9.92. The van der Waals surface area contributed by atoms with Crippen LogP contribution in [0.5, 0.6) is 0 Å². The fraction of sp³-hybridized carbons (Fsp3) is 0.833. The number of allylic oxidation sites excluding steroid dienone is 4. The van der Waals surface area contributed by atoms with Gasteiger partial charge in [0.25, 0.3) is 0 Å². The van der Waals surface area contributed by atoms with Crippen LogP contribution in [0.3, 0.4) is 0 Å². The van der Waals surface area contributed by atoms with Crippen molar-refractivity contribution in [1.82, 2.24) is 0 Å². The van der Waals surface area contributed by atoms with Crippen molar-refractivity contribution in [2.75, 3.05) is 38.2 Å². The molecule has 4 unspecified atom stereocenters. The summed E-state index contributed by atoms with van der Waals surface area (Å²) in [4.78, 5) is 23.4. The Morgan fingerprint density at radius 2 is 1.04 bits per heavy atom. The van der Waals surface area contributed by atoms with Gasteiger partial charge >= 0.3 is 11.9 Å². The summed E-state index contributed by atoms with van der Waals surface area (Å²) in [5.41, 5.74) is 2.37. The van der Waals surface area contributed by atoms with Gasteiger partial charge in [0.1, 0.15) is 0 Å². The first-order valence-corrected chi connectivity index (χ1v) is 18.4. The van der Waals surface area contributed by atoms with Gasteiger partial charge in [-0.2, -0.15) is 0 Å². The summed E-state index contributed by atoms with van der Waals surface area (Å²) in [6.07, 6.45) is 14.7. The molecule has 0 aromatic rings. The molecule has 264 valence electrons. The zero-order chi connectivity index (χ0) is 33.7. The number of halogens is 2. The molecule has 0 bridgehead atoms. The van der Waals surface area contributed by atoms with Crippen LogP contribution in [0.2, 0.25) is 0 Å². The van der Waals surface area contributed by atoms with Crippen LogP contribution in [0.15, 0.2) is 23.3 Å². The number of unbranched alkanes of at least 4 members (excludes halogenated alkanes) is 2. The average molecular weight is 680 g/mol. The SMILES string of the molecule is CCCCOC(CC(CCl)CCC=C(C)CCC(=O)OCC)OC(CC(CCl)CCC=C(C)CCC(=O)OCC)OCCCC. The zero-order valence-electron chi connectivity index (χ0n) is 29.2. The molecular formula is C36H64Cl2O7. The van der Waals surface area contributed by atoms with Crippen molar-refractivity contribution in [1.29, 1.82) is 0 Å². The van der Waals surface area contributed by atoms with Gasteiger partial charge in [0.2, 0.25) is 0 Å². The Morgan fingerprint density at radius 3 is 1.38 bits per heavy atom. The number of carbonyl (C=O) groups is 2. The molecule has 0 spiro atoms. The van der Waals surface area contributed by atoms with Crippen molar-refractivity contribution in [3.05, 3.63) is 23.3 Å².